The number of benzene rings is 1. The van der Waals surface area contributed by atoms with Crippen LogP contribution in [0.4, 0.5) is 0 Å². The van der Waals surface area contributed by atoms with Crippen LogP contribution in [-0.4, -0.2) is 86.1 Å². The van der Waals surface area contributed by atoms with Crippen LogP contribution in [-0.2, 0) is 36.6 Å². The Bertz CT molecular complexity index is 657. The van der Waals surface area contributed by atoms with Crippen LogP contribution in [0, 0.1) is 0 Å². The van der Waals surface area contributed by atoms with Crippen LogP contribution >= 0.6 is 0 Å². The van der Waals surface area contributed by atoms with Gasteiger partial charge in [-0.05, 0) is 25.0 Å². The predicted molar refractivity (Wildman–Crippen MR) is 118 cm³/mol. The molecule has 0 amide bonds. The van der Waals surface area contributed by atoms with Gasteiger partial charge in [-0.15, -0.1) is 0 Å². The van der Waals surface area contributed by atoms with Crippen LogP contribution < -0.4 is 0 Å². The SMILES string of the molecule is CO[Si](CCCN(CCC[Si](OC)(OC)OC)S(=O)(=O)c1ccccc1)(OC)OC. The van der Waals surface area contributed by atoms with Gasteiger partial charge in [0.2, 0.25) is 10.0 Å². The van der Waals surface area contributed by atoms with Gasteiger partial charge < -0.3 is 26.6 Å². The van der Waals surface area contributed by atoms with Crippen molar-refractivity contribution in [2.75, 3.05) is 55.7 Å². The Morgan fingerprint density at radius 2 is 1.07 bits per heavy atom. The molecule has 0 bridgehead atoms. The number of hydrogen-bond acceptors (Lipinski definition) is 8. The van der Waals surface area contributed by atoms with E-state index in [1.54, 1.807) is 73.0 Å². The zero-order valence-corrected chi connectivity index (χ0v) is 21.6. The number of rotatable bonds is 16. The highest BCUT2D eigenvalue weighted by Gasteiger charge is 2.39. The normalized spacial score (nSPS) is 13.2. The van der Waals surface area contributed by atoms with Crippen molar-refractivity contribution in [3.8, 4) is 0 Å². The lowest BCUT2D eigenvalue weighted by Crippen LogP contribution is -2.44. The fraction of sp³-hybridized carbons (Fsp3) is 0.667. The fourth-order valence-electron chi connectivity index (χ4n) is 3.15. The van der Waals surface area contributed by atoms with Crippen LogP contribution in [0.5, 0.6) is 0 Å². The molecule has 0 saturated heterocycles. The summed E-state index contributed by atoms with van der Waals surface area (Å²) in [5, 5.41) is 0. The smallest absolute Gasteiger partial charge is 0.377 e. The van der Waals surface area contributed by atoms with Crippen molar-refractivity contribution in [1.82, 2.24) is 4.31 Å². The quantitative estimate of drug-likeness (QED) is 0.332. The molecule has 0 aliphatic carbocycles. The molecule has 30 heavy (non-hydrogen) atoms. The van der Waals surface area contributed by atoms with Gasteiger partial charge in [0, 0.05) is 67.8 Å². The largest absolute Gasteiger partial charge is 0.500 e. The van der Waals surface area contributed by atoms with Gasteiger partial charge in [-0.2, -0.15) is 4.31 Å². The first-order chi connectivity index (χ1) is 14.3. The minimum atomic E-state index is -3.66. The number of hydrogen-bond donors (Lipinski definition) is 0. The van der Waals surface area contributed by atoms with E-state index in [0.29, 0.717) is 38.0 Å². The maximum Gasteiger partial charge on any atom is 0.500 e. The second-order valence-corrected chi connectivity index (χ2v) is 14.6. The van der Waals surface area contributed by atoms with E-state index in [-0.39, 0.29) is 4.90 Å². The molecule has 1 aromatic carbocycles. The van der Waals surface area contributed by atoms with Gasteiger partial charge in [0.05, 0.1) is 4.90 Å². The second kappa shape index (κ2) is 13.0. The first-order valence-corrected chi connectivity index (χ1v) is 14.9. The third-order valence-corrected chi connectivity index (χ3v) is 12.6. The molecular weight excluding hydrogens is 446 g/mol. The van der Waals surface area contributed by atoms with Crippen LogP contribution in [0.1, 0.15) is 12.8 Å². The summed E-state index contributed by atoms with van der Waals surface area (Å²) in [6, 6.07) is 9.41. The van der Waals surface area contributed by atoms with Crippen molar-refractivity contribution in [2.24, 2.45) is 0 Å². The molecule has 9 nitrogen and oxygen atoms in total. The summed E-state index contributed by atoms with van der Waals surface area (Å²) in [7, 11) is 0.0537. The maximum atomic E-state index is 13.2. The van der Waals surface area contributed by atoms with Crippen molar-refractivity contribution in [3.63, 3.8) is 0 Å². The van der Waals surface area contributed by atoms with Crippen molar-refractivity contribution < 1.29 is 35.0 Å². The molecule has 1 rings (SSSR count). The van der Waals surface area contributed by atoms with Gasteiger partial charge in [-0.25, -0.2) is 8.42 Å². The van der Waals surface area contributed by atoms with E-state index in [0.717, 1.165) is 0 Å². The Morgan fingerprint density at radius 3 is 1.40 bits per heavy atom. The molecule has 0 aromatic heterocycles. The molecular formula is C18H35NO8SSi2. The number of sulfonamides is 1. The van der Waals surface area contributed by atoms with Crippen molar-refractivity contribution in [2.45, 2.75) is 29.8 Å². The lowest BCUT2D eigenvalue weighted by molar-refractivity contribution is 0.121. The van der Waals surface area contributed by atoms with Gasteiger partial charge in [0.1, 0.15) is 0 Å². The average molecular weight is 482 g/mol. The Morgan fingerprint density at radius 1 is 0.700 bits per heavy atom. The van der Waals surface area contributed by atoms with E-state index in [4.69, 9.17) is 26.6 Å². The summed E-state index contributed by atoms with van der Waals surface area (Å²) in [5.41, 5.74) is 0. The topological polar surface area (TPSA) is 92.8 Å². The molecule has 174 valence electrons. The Kier molecular flexibility index (Phi) is 11.9. The molecule has 0 heterocycles. The zero-order chi connectivity index (χ0) is 22.7. The molecule has 0 aliphatic heterocycles. The summed E-state index contributed by atoms with van der Waals surface area (Å²) >= 11 is 0. The van der Waals surface area contributed by atoms with Crippen molar-refractivity contribution >= 4 is 27.6 Å². The highest BCUT2D eigenvalue weighted by Crippen LogP contribution is 2.22. The molecule has 1 aromatic rings. The molecule has 0 atom stereocenters. The Hall–Kier alpha value is -0.676. The zero-order valence-electron chi connectivity index (χ0n) is 18.8. The summed E-state index contributed by atoms with van der Waals surface area (Å²) in [6.45, 7) is 0.618. The van der Waals surface area contributed by atoms with E-state index in [2.05, 4.69) is 0 Å². The highest BCUT2D eigenvalue weighted by molar-refractivity contribution is 7.89. The Balaban J connectivity index is 2.94. The summed E-state index contributed by atoms with van der Waals surface area (Å²) in [4.78, 5) is 0.257. The minimum absolute atomic E-state index is 0.257. The van der Waals surface area contributed by atoms with Gasteiger partial charge >= 0.3 is 17.6 Å². The molecule has 0 radical (unpaired) electrons. The van der Waals surface area contributed by atoms with Crippen molar-refractivity contribution in [1.29, 1.82) is 0 Å². The third-order valence-electron chi connectivity index (χ3n) is 5.03. The van der Waals surface area contributed by atoms with E-state index < -0.39 is 27.6 Å². The fourth-order valence-corrected chi connectivity index (χ4v) is 8.10. The van der Waals surface area contributed by atoms with Gasteiger partial charge in [-0.3, -0.25) is 0 Å². The van der Waals surface area contributed by atoms with E-state index in [1.165, 1.54) is 4.31 Å². The first-order valence-electron chi connectivity index (χ1n) is 9.64. The Labute approximate surface area is 183 Å². The standard InChI is InChI=1S/C18H35NO8SSi2/c1-22-29(23-2,24-3)16-10-14-19(15-11-17-30(25-4,26-5)27-6)28(20,21)18-12-8-7-9-13-18/h7-9,12-13H,10-11,14-17H2,1-6H3. The minimum Gasteiger partial charge on any atom is -0.377 e. The molecule has 0 aliphatic rings. The van der Waals surface area contributed by atoms with E-state index in [1.807, 2.05) is 0 Å². The van der Waals surface area contributed by atoms with E-state index in [9.17, 15) is 8.42 Å². The van der Waals surface area contributed by atoms with Crippen LogP contribution in [0.25, 0.3) is 0 Å². The van der Waals surface area contributed by atoms with Crippen LogP contribution in [0.15, 0.2) is 35.2 Å². The first kappa shape index (κ1) is 27.4. The summed E-state index contributed by atoms with van der Waals surface area (Å²) in [6.07, 6.45) is 1.07. The molecule has 0 saturated carbocycles. The predicted octanol–water partition coefficient (Wildman–Crippen LogP) is 2.21. The lowest BCUT2D eigenvalue weighted by Gasteiger charge is -2.28. The van der Waals surface area contributed by atoms with Crippen LogP contribution in [0.2, 0.25) is 12.1 Å². The van der Waals surface area contributed by atoms with Crippen molar-refractivity contribution in [3.05, 3.63) is 30.3 Å². The molecule has 0 fully saturated rings. The third kappa shape index (κ3) is 7.19. The average Bonchev–Trinajstić information content (AvgIpc) is 2.79. The van der Waals surface area contributed by atoms with Crippen LogP contribution in [0.3, 0.4) is 0 Å². The maximum absolute atomic E-state index is 13.2. The molecule has 12 heteroatoms. The van der Waals surface area contributed by atoms with Gasteiger partial charge in [0.25, 0.3) is 0 Å². The highest BCUT2D eigenvalue weighted by atomic mass is 32.2. The summed E-state index contributed by atoms with van der Waals surface area (Å²) in [5.74, 6) is 0. The molecule has 0 unspecified atom stereocenters. The number of nitrogens with zero attached hydrogens (tertiary/aromatic N) is 1. The molecule has 0 spiro atoms. The van der Waals surface area contributed by atoms with E-state index >= 15 is 0 Å². The lowest BCUT2D eigenvalue weighted by atomic mass is 10.4. The second-order valence-electron chi connectivity index (χ2n) is 6.52. The monoisotopic (exact) mass is 481 g/mol. The van der Waals surface area contributed by atoms with Gasteiger partial charge in [-0.1, -0.05) is 18.2 Å². The summed E-state index contributed by atoms with van der Waals surface area (Å²) < 4.78 is 60.6. The van der Waals surface area contributed by atoms with Gasteiger partial charge in [0.15, 0.2) is 0 Å². The molecule has 0 N–H and O–H groups in total.